The molecule has 0 saturated carbocycles. The maximum atomic E-state index is 11.8. The third-order valence-electron chi connectivity index (χ3n) is 3.69. The maximum Gasteiger partial charge on any atom is 0.237 e. The fraction of sp³-hybridized carbons (Fsp3) is 0.923. The van der Waals surface area contributed by atoms with Crippen LogP contribution >= 0.6 is 12.4 Å². The summed E-state index contributed by atoms with van der Waals surface area (Å²) in [5, 5.41) is 2.99. The predicted octanol–water partition coefficient (Wildman–Crippen LogP) is 1.38. The Morgan fingerprint density at radius 3 is 2.67 bits per heavy atom. The topological polar surface area (TPSA) is 58.4 Å². The average molecular weight is 278 g/mol. The molecule has 1 unspecified atom stereocenters. The Kier molecular flexibility index (Phi) is 8.57. The van der Waals surface area contributed by atoms with E-state index < -0.39 is 0 Å². The van der Waals surface area contributed by atoms with Crippen molar-refractivity contribution < 1.29 is 4.79 Å². The molecule has 108 valence electrons. The monoisotopic (exact) mass is 277 g/mol. The number of carbonyl (C=O) groups excluding carboxylic acids is 1. The molecule has 1 rings (SSSR count). The van der Waals surface area contributed by atoms with E-state index in [1.54, 1.807) is 0 Å². The van der Waals surface area contributed by atoms with Crippen molar-refractivity contribution in [2.75, 3.05) is 19.6 Å². The van der Waals surface area contributed by atoms with Crippen LogP contribution in [0.25, 0.3) is 0 Å². The number of hydrogen-bond donors (Lipinski definition) is 2. The lowest BCUT2D eigenvalue weighted by molar-refractivity contribution is -0.123. The molecule has 1 aliphatic heterocycles. The number of likely N-dealkylation sites (N-methyl/N-ethyl adjacent to an activating group) is 1. The lowest BCUT2D eigenvalue weighted by atomic mass is 10.0. The molecule has 3 N–H and O–H groups in total. The van der Waals surface area contributed by atoms with Crippen LogP contribution in [0.5, 0.6) is 0 Å². The zero-order valence-corrected chi connectivity index (χ0v) is 12.6. The molecule has 0 radical (unpaired) electrons. The lowest BCUT2D eigenvalue weighted by Gasteiger charge is -2.35. The summed E-state index contributed by atoms with van der Waals surface area (Å²) in [6.07, 6.45) is 3.74. The molecular formula is C13H28ClN3O. The van der Waals surface area contributed by atoms with Crippen LogP contribution in [0.15, 0.2) is 0 Å². The highest BCUT2D eigenvalue weighted by Gasteiger charge is 2.23. The second-order valence-corrected chi connectivity index (χ2v) is 5.29. The zero-order chi connectivity index (χ0) is 12.8. The Balaban J connectivity index is 0.00000289. The normalized spacial score (nSPS) is 22.4. The van der Waals surface area contributed by atoms with Crippen LogP contribution in [0.2, 0.25) is 0 Å². The molecule has 0 aromatic rings. The first-order valence-electron chi connectivity index (χ1n) is 6.83. The molecule has 0 aromatic heterocycles. The van der Waals surface area contributed by atoms with Crippen LogP contribution in [0.3, 0.4) is 0 Å². The summed E-state index contributed by atoms with van der Waals surface area (Å²) in [7, 11) is 0. The third-order valence-corrected chi connectivity index (χ3v) is 3.69. The number of likely N-dealkylation sites (tertiary alicyclic amines) is 1. The minimum Gasteiger partial charge on any atom is -0.353 e. The lowest BCUT2D eigenvalue weighted by Crippen LogP contribution is -2.50. The molecule has 5 heteroatoms. The molecule has 0 bridgehead atoms. The Morgan fingerprint density at radius 2 is 2.11 bits per heavy atom. The first-order chi connectivity index (χ1) is 8.06. The number of rotatable bonds is 5. The van der Waals surface area contributed by atoms with E-state index in [4.69, 9.17) is 5.73 Å². The number of carbonyl (C=O) groups is 1. The first kappa shape index (κ1) is 17.7. The summed E-state index contributed by atoms with van der Waals surface area (Å²) in [5.74, 6) is 0.185. The quantitative estimate of drug-likeness (QED) is 0.798. The van der Waals surface area contributed by atoms with Crippen molar-refractivity contribution in [2.24, 2.45) is 11.7 Å². The summed E-state index contributed by atoms with van der Waals surface area (Å²) in [6, 6.07) is 0.116. The van der Waals surface area contributed by atoms with E-state index in [1.165, 1.54) is 19.3 Å². The van der Waals surface area contributed by atoms with Crippen LogP contribution in [0.4, 0.5) is 0 Å². The number of hydrogen-bond acceptors (Lipinski definition) is 3. The summed E-state index contributed by atoms with van der Waals surface area (Å²) in [4.78, 5) is 14.2. The van der Waals surface area contributed by atoms with E-state index >= 15 is 0 Å². The highest BCUT2D eigenvalue weighted by molar-refractivity contribution is 5.85. The van der Waals surface area contributed by atoms with Gasteiger partial charge >= 0.3 is 0 Å². The molecule has 0 aromatic carbocycles. The standard InChI is InChI=1S/C13H27N3O.ClH/c1-4-16-8-6-5-7-11(16)9-15-13(17)12(14)10(2)3;/h10-12H,4-9,14H2,1-3H3,(H,15,17);1H/t11?,12-;/m0./s1. The fourth-order valence-corrected chi connectivity index (χ4v) is 2.35. The number of nitrogens with two attached hydrogens (primary N) is 1. The van der Waals surface area contributed by atoms with Crippen LogP contribution in [0.1, 0.15) is 40.0 Å². The van der Waals surface area contributed by atoms with Gasteiger partial charge in [0.1, 0.15) is 0 Å². The molecule has 0 spiro atoms. The minimum absolute atomic E-state index is 0. The second-order valence-electron chi connectivity index (χ2n) is 5.29. The van der Waals surface area contributed by atoms with Gasteiger partial charge in [-0.05, 0) is 31.8 Å². The van der Waals surface area contributed by atoms with Crippen molar-refractivity contribution in [1.29, 1.82) is 0 Å². The highest BCUT2D eigenvalue weighted by Crippen LogP contribution is 2.15. The molecule has 1 fully saturated rings. The number of amides is 1. The predicted molar refractivity (Wildman–Crippen MR) is 78.0 cm³/mol. The van der Waals surface area contributed by atoms with Crippen LogP contribution < -0.4 is 11.1 Å². The van der Waals surface area contributed by atoms with Gasteiger partial charge in [0.25, 0.3) is 0 Å². The molecule has 1 aliphatic rings. The SMILES string of the molecule is CCN1CCCCC1CNC(=O)[C@@H](N)C(C)C.Cl. The van der Waals surface area contributed by atoms with Crippen molar-refractivity contribution in [3.63, 3.8) is 0 Å². The van der Waals surface area contributed by atoms with E-state index in [2.05, 4.69) is 17.1 Å². The summed E-state index contributed by atoms with van der Waals surface area (Å²) in [6.45, 7) is 9.10. The van der Waals surface area contributed by atoms with Crippen molar-refractivity contribution in [3.05, 3.63) is 0 Å². The molecular weight excluding hydrogens is 250 g/mol. The number of nitrogens with one attached hydrogen (secondary N) is 1. The van der Waals surface area contributed by atoms with E-state index in [1.807, 2.05) is 13.8 Å². The van der Waals surface area contributed by atoms with Gasteiger partial charge in [-0.3, -0.25) is 9.69 Å². The van der Waals surface area contributed by atoms with Crippen molar-refractivity contribution in [3.8, 4) is 0 Å². The molecule has 1 heterocycles. The largest absolute Gasteiger partial charge is 0.353 e. The van der Waals surface area contributed by atoms with E-state index in [0.717, 1.165) is 19.6 Å². The molecule has 0 aliphatic carbocycles. The Labute approximate surface area is 117 Å². The Hall–Kier alpha value is -0.320. The van der Waals surface area contributed by atoms with Crippen LogP contribution in [-0.4, -0.2) is 42.5 Å². The second kappa shape index (κ2) is 8.73. The van der Waals surface area contributed by atoms with E-state index in [9.17, 15) is 4.79 Å². The number of halogens is 1. The molecule has 4 nitrogen and oxygen atoms in total. The summed E-state index contributed by atoms with van der Waals surface area (Å²) < 4.78 is 0. The van der Waals surface area contributed by atoms with Crippen LogP contribution in [0, 0.1) is 5.92 Å². The maximum absolute atomic E-state index is 11.8. The summed E-state index contributed by atoms with van der Waals surface area (Å²) in [5.41, 5.74) is 5.82. The van der Waals surface area contributed by atoms with Gasteiger partial charge in [-0.1, -0.05) is 27.2 Å². The van der Waals surface area contributed by atoms with Gasteiger partial charge in [0.2, 0.25) is 5.91 Å². The third kappa shape index (κ3) is 5.12. The van der Waals surface area contributed by atoms with Gasteiger partial charge < -0.3 is 11.1 Å². The van der Waals surface area contributed by atoms with Gasteiger partial charge in [-0.2, -0.15) is 0 Å². The molecule has 2 atom stereocenters. The van der Waals surface area contributed by atoms with Crippen molar-refractivity contribution >= 4 is 18.3 Å². The Bertz CT molecular complexity index is 248. The van der Waals surface area contributed by atoms with Crippen molar-refractivity contribution in [1.82, 2.24) is 10.2 Å². The smallest absolute Gasteiger partial charge is 0.237 e. The van der Waals surface area contributed by atoms with Crippen LogP contribution in [-0.2, 0) is 4.79 Å². The zero-order valence-electron chi connectivity index (χ0n) is 11.8. The molecule has 1 amide bonds. The summed E-state index contributed by atoms with van der Waals surface area (Å²) >= 11 is 0. The van der Waals surface area contributed by atoms with Gasteiger partial charge in [0, 0.05) is 12.6 Å². The van der Waals surface area contributed by atoms with Gasteiger partial charge in [-0.15, -0.1) is 12.4 Å². The van der Waals surface area contributed by atoms with Crippen molar-refractivity contribution in [2.45, 2.75) is 52.1 Å². The number of piperidine rings is 1. The minimum atomic E-state index is -0.381. The number of nitrogens with zero attached hydrogens (tertiary/aromatic N) is 1. The van der Waals surface area contributed by atoms with Gasteiger partial charge in [-0.25, -0.2) is 0 Å². The fourth-order valence-electron chi connectivity index (χ4n) is 2.35. The molecule has 18 heavy (non-hydrogen) atoms. The Morgan fingerprint density at radius 1 is 1.44 bits per heavy atom. The van der Waals surface area contributed by atoms with E-state index in [0.29, 0.717) is 6.04 Å². The van der Waals surface area contributed by atoms with Gasteiger partial charge in [0.05, 0.1) is 6.04 Å². The first-order valence-corrected chi connectivity index (χ1v) is 6.83. The van der Waals surface area contributed by atoms with Gasteiger partial charge in [0.15, 0.2) is 0 Å². The highest BCUT2D eigenvalue weighted by atomic mass is 35.5. The average Bonchev–Trinajstić information content (AvgIpc) is 2.35. The van der Waals surface area contributed by atoms with E-state index in [-0.39, 0.29) is 30.3 Å². The molecule has 1 saturated heterocycles.